The molecular weight excluding hydrogens is 190 g/mol. The third kappa shape index (κ3) is 2.18. The van der Waals surface area contributed by atoms with Gasteiger partial charge in [0.05, 0.1) is 12.6 Å². The van der Waals surface area contributed by atoms with Crippen LogP contribution in [0.25, 0.3) is 0 Å². The molecular formula is C12H15NO2. The zero-order valence-electron chi connectivity index (χ0n) is 9.06. The van der Waals surface area contributed by atoms with Crippen LogP contribution in [0.2, 0.25) is 0 Å². The minimum Gasteiger partial charge on any atom is -0.367 e. The van der Waals surface area contributed by atoms with Gasteiger partial charge in [-0.25, -0.2) is 0 Å². The Balaban J connectivity index is 2.21. The molecule has 1 saturated heterocycles. The van der Waals surface area contributed by atoms with E-state index in [1.54, 1.807) is 4.90 Å². The van der Waals surface area contributed by atoms with Crippen molar-refractivity contribution in [1.82, 2.24) is 0 Å². The molecule has 0 unspecified atom stereocenters. The Morgan fingerprint density at radius 3 is 2.67 bits per heavy atom. The van der Waals surface area contributed by atoms with Crippen LogP contribution in [0, 0.1) is 6.92 Å². The molecule has 0 saturated carbocycles. The molecule has 1 aliphatic heterocycles. The highest BCUT2D eigenvalue weighted by atomic mass is 16.5. The van der Waals surface area contributed by atoms with E-state index in [4.69, 9.17) is 4.74 Å². The lowest BCUT2D eigenvalue weighted by Crippen LogP contribution is -2.45. The first-order valence-electron chi connectivity index (χ1n) is 5.15. The Morgan fingerprint density at radius 2 is 2.00 bits per heavy atom. The van der Waals surface area contributed by atoms with Crippen molar-refractivity contribution in [3.05, 3.63) is 29.8 Å². The molecule has 3 heteroatoms. The Morgan fingerprint density at radius 1 is 1.33 bits per heavy atom. The van der Waals surface area contributed by atoms with Gasteiger partial charge in [-0.05, 0) is 26.0 Å². The maximum absolute atomic E-state index is 11.6. The van der Waals surface area contributed by atoms with Crippen LogP contribution in [0.15, 0.2) is 24.3 Å². The first-order valence-corrected chi connectivity index (χ1v) is 5.15. The first kappa shape index (κ1) is 10.2. The minimum absolute atomic E-state index is 0.0388. The molecule has 0 bridgehead atoms. The zero-order valence-corrected chi connectivity index (χ0v) is 9.06. The second-order valence-corrected chi connectivity index (χ2v) is 3.96. The molecule has 1 atom stereocenters. The highest BCUT2D eigenvalue weighted by molar-refractivity contribution is 5.94. The van der Waals surface area contributed by atoms with E-state index < -0.39 is 0 Å². The van der Waals surface area contributed by atoms with Crippen molar-refractivity contribution in [2.45, 2.75) is 20.0 Å². The highest BCUT2D eigenvalue weighted by Gasteiger charge is 2.24. The molecule has 1 aliphatic rings. The predicted molar refractivity (Wildman–Crippen MR) is 58.9 cm³/mol. The van der Waals surface area contributed by atoms with E-state index in [0.717, 1.165) is 5.69 Å². The maximum atomic E-state index is 11.6. The molecule has 0 radical (unpaired) electrons. The van der Waals surface area contributed by atoms with E-state index in [0.29, 0.717) is 6.54 Å². The average Bonchev–Trinajstić information content (AvgIpc) is 2.23. The average molecular weight is 205 g/mol. The fourth-order valence-corrected chi connectivity index (χ4v) is 1.68. The molecule has 1 heterocycles. The van der Waals surface area contributed by atoms with Crippen molar-refractivity contribution in [3.63, 3.8) is 0 Å². The lowest BCUT2D eigenvalue weighted by molar-refractivity contribution is -0.128. The fourth-order valence-electron chi connectivity index (χ4n) is 1.68. The van der Waals surface area contributed by atoms with E-state index in [9.17, 15) is 4.79 Å². The molecule has 1 amide bonds. The summed E-state index contributed by atoms with van der Waals surface area (Å²) in [6, 6.07) is 7.99. The van der Waals surface area contributed by atoms with Crippen LogP contribution < -0.4 is 4.90 Å². The van der Waals surface area contributed by atoms with Gasteiger partial charge in [0.1, 0.15) is 6.61 Å². The Bertz CT molecular complexity index is 358. The van der Waals surface area contributed by atoms with E-state index in [1.807, 2.05) is 38.1 Å². The van der Waals surface area contributed by atoms with E-state index >= 15 is 0 Å². The minimum atomic E-state index is 0.0388. The summed E-state index contributed by atoms with van der Waals surface area (Å²) < 4.78 is 5.27. The summed E-state index contributed by atoms with van der Waals surface area (Å²) in [4.78, 5) is 13.4. The smallest absolute Gasteiger partial charge is 0.253 e. The second kappa shape index (κ2) is 4.03. The highest BCUT2D eigenvalue weighted by Crippen LogP contribution is 2.18. The van der Waals surface area contributed by atoms with Crippen molar-refractivity contribution < 1.29 is 9.53 Å². The lowest BCUT2D eigenvalue weighted by Gasteiger charge is -2.31. The molecule has 80 valence electrons. The largest absolute Gasteiger partial charge is 0.367 e. The van der Waals surface area contributed by atoms with Crippen LogP contribution in [0.5, 0.6) is 0 Å². The Labute approximate surface area is 89.7 Å². The van der Waals surface area contributed by atoms with Gasteiger partial charge in [-0.1, -0.05) is 17.7 Å². The molecule has 0 aromatic heterocycles. The molecule has 0 N–H and O–H groups in total. The summed E-state index contributed by atoms with van der Waals surface area (Å²) in [5.74, 6) is 0.0388. The summed E-state index contributed by atoms with van der Waals surface area (Å²) >= 11 is 0. The van der Waals surface area contributed by atoms with Gasteiger partial charge in [-0.3, -0.25) is 4.79 Å². The van der Waals surface area contributed by atoms with Gasteiger partial charge >= 0.3 is 0 Å². The van der Waals surface area contributed by atoms with Gasteiger partial charge in [0.2, 0.25) is 0 Å². The number of benzene rings is 1. The van der Waals surface area contributed by atoms with E-state index in [1.165, 1.54) is 5.56 Å². The molecule has 1 aromatic carbocycles. The topological polar surface area (TPSA) is 29.5 Å². The number of aryl methyl sites for hydroxylation is 1. The number of hydrogen-bond donors (Lipinski definition) is 0. The normalized spacial score (nSPS) is 21.9. The van der Waals surface area contributed by atoms with Crippen molar-refractivity contribution >= 4 is 11.6 Å². The number of ether oxygens (including phenoxy) is 1. The van der Waals surface area contributed by atoms with Gasteiger partial charge in [0.25, 0.3) is 5.91 Å². The van der Waals surface area contributed by atoms with Crippen molar-refractivity contribution in [2.75, 3.05) is 18.1 Å². The van der Waals surface area contributed by atoms with Gasteiger partial charge in [0, 0.05) is 5.69 Å². The number of carbonyl (C=O) groups excluding carboxylic acids is 1. The SMILES string of the molecule is Cc1ccc(N2C[C@@H](C)OCC2=O)cc1. The van der Waals surface area contributed by atoms with Crippen LogP contribution in [0.4, 0.5) is 5.69 Å². The molecule has 2 rings (SSSR count). The molecule has 0 spiro atoms. The van der Waals surface area contributed by atoms with Crippen molar-refractivity contribution in [1.29, 1.82) is 0 Å². The van der Waals surface area contributed by atoms with Crippen LogP contribution in [0.1, 0.15) is 12.5 Å². The summed E-state index contributed by atoms with van der Waals surface area (Å²) in [6.45, 7) is 4.85. The number of nitrogens with zero attached hydrogens (tertiary/aromatic N) is 1. The molecule has 15 heavy (non-hydrogen) atoms. The van der Waals surface area contributed by atoms with Gasteiger partial charge in [0.15, 0.2) is 0 Å². The molecule has 0 aliphatic carbocycles. The third-order valence-corrected chi connectivity index (χ3v) is 2.58. The molecule has 1 fully saturated rings. The van der Waals surface area contributed by atoms with Crippen molar-refractivity contribution in [2.24, 2.45) is 0 Å². The van der Waals surface area contributed by atoms with Gasteiger partial charge in [-0.15, -0.1) is 0 Å². The summed E-state index contributed by atoms with van der Waals surface area (Å²) in [7, 11) is 0. The molecule has 1 aromatic rings. The number of hydrogen-bond acceptors (Lipinski definition) is 2. The summed E-state index contributed by atoms with van der Waals surface area (Å²) in [6.07, 6.45) is 0.115. The monoisotopic (exact) mass is 205 g/mol. The molecule has 3 nitrogen and oxygen atoms in total. The number of amides is 1. The van der Waals surface area contributed by atoms with E-state index in [-0.39, 0.29) is 18.6 Å². The number of anilines is 1. The first-order chi connectivity index (χ1) is 7.16. The van der Waals surface area contributed by atoms with Crippen LogP contribution in [0.3, 0.4) is 0 Å². The van der Waals surface area contributed by atoms with Crippen molar-refractivity contribution in [3.8, 4) is 0 Å². The second-order valence-electron chi connectivity index (χ2n) is 3.96. The zero-order chi connectivity index (χ0) is 10.8. The summed E-state index contributed by atoms with van der Waals surface area (Å²) in [5, 5.41) is 0. The fraction of sp³-hybridized carbons (Fsp3) is 0.417. The Hall–Kier alpha value is -1.35. The van der Waals surface area contributed by atoms with Gasteiger partial charge in [-0.2, -0.15) is 0 Å². The number of rotatable bonds is 1. The number of carbonyl (C=O) groups is 1. The predicted octanol–water partition coefficient (Wildman–Crippen LogP) is 1.75. The van der Waals surface area contributed by atoms with Crippen LogP contribution in [-0.4, -0.2) is 25.2 Å². The standard InChI is InChI=1S/C12H15NO2/c1-9-3-5-11(6-4-9)13-7-10(2)15-8-12(13)14/h3-6,10H,7-8H2,1-2H3/t10-/m1/s1. The number of morpholine rings is 1. The van der Waals surface area contributed by atoms with Crippen LogP contribution >= 0.6 is 0 Å². The van der Waals surface area contributed by atoms with Crippen LogP contribution in [-0.2, 0) is 9.53 Å². The van der Waals surface area contributed by atoms with Gasteiger partial charge < -0.3 is 9.64 Å². The third-order valence-electron chi connectivity index (χ3n) is 2.58. The van der Waals surface area contributed by atoms with E-state index in [2.05, 4.69) is 0 Å². The summed E-state index contributed by atoms with van der Waals surface area (Å²) in [5.41, 5.74) is 2.16. The Kier molecular flexibility index (Phi) is 2.73. The lowest BCUT2D eigenvalue weighted by atomic mass is 10.2. The maximum Gasteiger partial charge on any atom is 0.253 e. The quantitative estimate of drug-likeness (QED) is 0.699.